The molecule has 0 saturated carbocycles. The Morgan fingerprint density at radius 2 is 1.87 bits per heavy atom. The highest BCUT2D eigenvalue weighted by molar-refractivity contribution is 4.71. The highest BCUT2D eigenvalue weighted by Crippen LogP contribution is 2.24. The van der Waals surface area contributed by atoms with Gasteiger partial charge in [-0.25, -0.2) is 0 Å². The van der Waals surface area contributed by atoms with Gasteiger partial charge >= 0.3 is 0 Å². The molecule has 1 atom stereocenters. The highest BCUT2D eigenvalue weighted by atomic mass is 14.9. The van der Waals surface area contributed by atoms with Crippen molar-refractivity contribution in [2.75, 3.05) is 13.1 Å². The molecule has 0 aromatic rings. The molecule has 0 aliphatic heterocycles. The van der Waals surface area contributed by atoms with Crippen molar-refractivity contribution in [1.82, 2.24) is 5.32 Å². The zero-order chi connectivity index (χ0) is 11.7. The zero-order valence-corrected chi connectivity index (χ0v) is 11.1. The van der Waals surface area contributed by atoms with Crippen molar-refractivity contribution in [3.8, 4) is 0 Å². The second-order valence-corrected chi connectivity index (χ2v) is 5.61. The van der Waals surface area contributed by atoms with Crippen molar-refractivity contribution in [2.45, 2.75) is 53.4 Å². The third-order valence-corrected chi connectivity index (χ3v) is 3.19. The fourth-order valence-electron chi connectivity index (χ4n) is 1.34. The average Bonchev–Trinajstić information content (AvgIpc) is 2.14. The lowest BCUT2D eigenvalue weighted by atomic mass is 9.82. The van der Waals surface area contributed by atoms with E-state index in [1.165, 1.54) is 25.7 Å². The quantitative estimate of drug-likeness (QED) is 0.472. The van der Waals surface area contributed by atoms with Gasteiger partial charge in [0.15, 0.2) is 0 Å². The molecule has 15 heavy (non-hydrogen) atoms. The second-order valence-electron chi connectivity index (χ2n) is 5.61. The molecule has 0 saturated heterocycles. The summed E-state index contributed by atoms with van der Waals surface area (Å²) in [5.41, 5.74) is 0.426. The van der Waals surface area contributed by atoms with Gasteiger partial charge < -0.3 is 5.32 Å². The molecule has 0 spiro atoms. The fraction of sp³-hybridized carbons (Fsp3) is 0.857. The van der Waals surface area contributed by atoms with Crippen LogP contribution in [-0.4, -0.2) is 13.1 Å². The standard InChI is InChI=1S/C14H29N/c1-6-7-8-9-10-11-15-12-13(2)14(3,4)5/h6,13,15H,1,7-12H2,2-5H3. The molecule has 1 nitrogen and oxygen atoms in total. The van der Waals surface area contributed by atoms with E-state index in [1.807, 2.05) is 6.08 Å². The molecule has 0 bridgehead atoms. The van der Waals surface area contributed by atoms with Crippen molar-refractivity contribution >= 4 is 0 Å². The molecule has 0 aliphatic carbocycles. The van der Waals surface area contributed by atoms with Crippen LogP contribution in [0.1, 0.15) is 53.4 Å². The van der Waals surface area contributed by atoms with E-state index in [0.717, 1.165) is 19.0 Å². The van der Waals surface area contributed by atoms with E-state index in [0.29, 0.717) is 5.41 Å². The molecular weight excluding hydrogens is 182 g/mol. The lowest BCUT2D eigenvalue weighted by Crippen LogP contribution is -2.30. The molecule has 1 N–H and O–H groups in total. The number of rotatable bonds is 8. The number of hydrogen-bond donors (Lipinski definition) is 1. The Labute approximate surface area is 96.3 Å². The topological polar surface area (TPSA) is 12.0 Å². The molecule has 0 amide bonds. The minimum absolute atomic E-state index is 0.426. The number of allylic oxidation sites excluding steroid dienone is 1. The van der Waals surface area contributed by atoms with Crippen LogP contribution in [0.5, 0.6) is 0 Å². The SMILES string of the molecule is C=CCCCCCNCC(C)C(C)(C)C. The van der Waals surface area contributed by atoms with Gasteiger partial charge in [-0.3, -0.25) is 0 Å². The van der Waals surface area contributed by atoms with Crippen LogP contribution in [-0.2, 0) is 0 Å². The van der Waals surface area contributed by atoms with Gasteiger partial charge in [0, 0.05) is 0 Å². The Morgan fingerprint density at radius 3 is 2.40 bits per heavy atom. The summed E-state index contributed by atoms with van der Waals surface area (Å²) in [6.07, 6.45) is 7.08. The van der Waals surface area contributed by atoms with Crippen LogP contribution in [0.4, 0.5) is 0 Å². The Kier molecular flexibility index (Phi) is 7.76. The van der Waals surface area contributed by atoms with Gasteiger partial charge in [-0.05, 0) is 43.7 Å². The predicted octanol–water partition coefficient (Wildman–Crippen LogP) is 4.00. The van der Waals surface area contributed by atoms with E-state index < -0.39 is 0 Å². The van der Waals surface area contributed by atoms with Gasteiger partial charge in [-0.15, -0.1) is 6.58 Å². The van der Waals surface area contributed by atoms with E-state index in [4.69, 9.17) is 0 Å². The first kappa shape index (κ1) is 14.7. The largest absolute Gasteiger partial charge is 0.316 e. The van der Waals surface area contributed by atoms with Gasteiger partial charge in [0.2, 0.25) is 0 Å². The first-order valence-corrected chi connectivity index (χ1v) is 6.30. The minimum Gasteiger partial charge on any atom is -0.316 e. The minimum atomic E-state index is 0.426. The zero-order valence-electron chi connectivity index (χ0n) is 11.1. The average molecular weight is 211 g/mol. The lowest BCUT2D eigenvalue weighted by molar-refractivity contribution is 0.253. The van der Waals surface area contributed by atoms with Crippen LogP contribution in [0, 0.1) is 11.3 Å². The van der Waals surface area contributed by atoms with E-state index in [1.54, 1.807) is 0 Å². The Morgan fingerprint density at radius 1 is 1.20 bits per heavy atom. The molecule has 0 fully saturated rings. The van der Waals surface area contributed by atoms with Crippen LogP contribution < -0.4 is 5.32 Å². The van der Waals surface area contributed by atoms with E-state index in [9.17, 15) is 0 Å². The Hall–Kier alpha value is -0.300. The van der Waals surface area contributed by atoms with Gasteiger partial charge in [-0.1, -0.05) is 40.2 Å². The van der Waals surface area contributed by atoms with Crippen molar-refractivity contribution in [3.05, 3.63) is 12.7 Å². The van der Waals surface area contributed by atoms with Crippen molar-refractivity contribution < 1.29 is 0 Å². The second kappa shape index (κ2) is 7.92. The molecule has 0 aromatic heterocycles. The number of unbranched alkanes of at least 4 members (excludes halogenated alkanes) is 3. The van der Waals surface area contributed by atoms with Crippen molar-refractivity contribution in [1.29, 1.82) is 0 Å². The maximum atomic E-state index is 3.73. The third-order valence-electron chi connectivity index (χ3n) is 3.19. The fourth-order valence-corrected chi connectivity index (χ4v) is 1.34. The molecule has 1 heteroatoms. The predicted molar refractivity (Wildman–Crippen MR) is 70.2 cm³/mol. The summed E-state index contributed by atoms with van der Waals surface area (Å²) in [5, 5.41) is 3.54. The third kappa shape index (κ3) is 8.68. The highest BCUT2D eigenvalue weighted by Gasteiger charge is 2.18. The molecule has 90 valence electrons. The summed E-state index contributed by atoms with van der Waals surface area (Å²) in [4.78, 5) is 0. The summed E-state index contributed by atoms with van der Waals surface area (Å²) < 4.78 is 0. The molecule has 0 rings (SSSR count). The van der Waals surface area contributed by atoms with Crippen LogP contribution in [0.15, 0.2) is 12.7 Å². The first-order valence-electron chi connectivity index (χ1n) is 6.30. The van der Waals surface area contributed by atoms with Gasteiger partial charge in [0.05, 0.1) is 0 Å². The monoisotopic (exact) mass is 211 g/mol. The first-order chi connectivity index (χ1) is 6.98. The summed E-state index contributed by atoms with van der Waals surface area (Å²) in [6, 6.07) is 0. The van der Waals surface area contributed by atoms with E-state index in [2.05, 4.69) is 39.6 Å². The maximum Gasteiger partial charge on any atom is -0.00182 e. The van der Waals surface area contributed by atoms with Crippen LogP contribution >= 0.6 is 0 Å². The van der Waals surface area contributed by atoms with Crippen LogP contribution in [0.2, 0.25) is 0 Å². The summed E-state index contributed by atoms with van der Waals surface area (Å²) >= 11 is 0. The van der Waals surface area contributed by atoms with Gasteiger partial charge in [0.25, 0.3) is 0 Å². The smallest absolute Gasteiger partial charge is 0.00182 e. The molecule has 1 unspecified atom stereocenters. The number of hydrogen-bond acceptors (Lipinski definition) is 1. The van der Waals surface area contributed by atoms with Gasteiger partial charge in [-0.2, -0.15) is 0 Å². The molecular formula is C14H29N. The van der Waals surface area contributed by atoms with Crippen LogP contribution in [0.3, 0.4) is 0 Å². The van der Waals surface area contributed by atoms with Gasteiger partial charge in [0.1, 0.15) is 0 Å². The molecule has 0 radical (unpaired) electrons. The molecule has 0 aliphatic rings. The molecule has 0 aromatic carbocycles. The van der Waals surface area contributed by atoms with E-state index >= 15 is 0 Å². The van der Waals surface area contributed by atoms with Crippen LogP contribution in [0.25, 0.3) is 0 Å². The van der Waals surface area contributed by atoms with E-state index in [-0.39, 0.29) is 0 Å². The summed E-state index contributed by atoms with van der Waals surface area (Å²) in [7, 11) is 0. The normalized spacial score (nSPS) is 13.9. The number of nitrogens with one attached hydrogen (secondary N) is 1. The summed E-state index contributed by atoms with van der Waals surface area (Å²) in [5.74, 6) is 0.741. The Bertz CT molecular complexity index is 155. The van der Waals surface area contributed by atoms with Crippen molar-refractivity contribution in [3.63, 3.8) is 0 Å². The Balaban J connectivity index is 3.27. The molecule has 0 heterocycles. The lowest BCUT2D eigenvalue weighted by Gasteiger charge is -2.27. The maximum absolute atomic E-state index is 3.73. The summed E-state index contributed by atoms with van der Waals surface area (Å²) in [6.45, 7) is 15.3. The van der Waals surface area contributed by atoms with Crippen molar-refractivity contribution in [2.24, 2.45) is 11.3 Å².